The highest BCUT2D eigenvalue weighted by Crippen LogP contribution is 2.28. The highest BCUT2D eigenvalue weighted by Gasteiger charge is 2.41. The molecule has 0 aromatic heterocycles. The summed E-state index contributed by atoms with van der Waals surface area (Å²) in [6.45, 7) is 4.68. The van der Waals surface area contributed by atoms with Crippen LogP contribution in [0, 0.1) is 5.82 Å². The van der Waals surface area contributed by atoms with Gasteiger partial charge in [0.25, 0.3) is 0 Å². The first-order valence-corrected chi connectivity index (χ1v) is 6.72. The number of carbonyl (C=O) groups is 1. The molecule has 0 aliphatic carbocycles. The SMILES string of the molecule is CC1(C)C(N)CCN1C(=O)CCc1ccccc1F. The number of nitrogens with two attached hydrogens (primary N) is 1. The fourth-order valence-corrected chi connectivity index (χ4v) is 2.63. The highest BCUT2D eigenvalue weighted by molar-refractivity contribution is 5.77. The number of hydrogen-bond acceptors (Lipinski definition) is 2. The minimum absolute atomic E-state index is 0.0184. The molecule has 0 saturated carbocycles. The molecule has 0 bridgehead atoms. The first-order chi connectivity index (χ1) is 8.93. The number of benzene rings is 1. The minimum Gasteiger partial charge on any atom is -0.336 e. The molecule has 1 amide bonds. The van der Waals surface area contributed by atoms with E-state index < -0.39 is 0 Å². The molecule has 3 nitrogen and oxygen atoms in total. The van der Waals surface area contributed by atoms with E-state index in [4.69, 9.17) is 5.73 Å². The van der Waals surface area contributed by atoms with Crippen LogP contribution in [-0.4, -0.2) is 28.9 Å². The van der Waals surface area contributed by atoms with Crippen molar-refractivity contribution in [1.82, 2.24) is 4.90 Å². The van der Waals surface area contributed by atoms with Gasteiger partial charge in [0.15, 0.2) is 0 Å². The monoisotopic (exact) mass is 264 g/mol. The standard InChI is InChI=1S/C15H21FN2O/c1-15(2)13(17)9-10-18(15)14(19)8-7-11-5-3-4-6-12(11)16/h3-6,13H,7-10,17H2,1-2H3. The lowest BCUT2D eigenvalue weighted by atomic mass is 9.96. The van der Waals surface area contributed by atoms with Crippen LogP contribution < -0.4 is 5.73 Å². The smallest absolute Gasteiger partial charge is 0.223 e. The summed E-state index contributed by atoms with van der Waals surface area (Å²) >= 11 is 0. The van der Waals surface area contributed by atoms with Crippen LogP contribution in [0.5, 0.6) is 0 Å². The van der Waals surface area contributed by atoms with Gasteiger partial charge in [0.05, 0.1) is 5.54 Å². The second-order valence-corrected chi connectivity index (χ2v) is 5.69. The molecule has 19 heavy (non-hydrogen) atoms. The Bertz CT molecular complexity index is 473. The average molecular weight is 264 g/mol. The molecular formula is C15H21FN2O. The zero-order valence-electron chi connectivity index (χ0n) is 11.5. The Balaban J connectivity index is 1.98. The van der Waals surface area contributed by atoms with E-state index >= 15 is 0 Å². The fraction of sp³-hybridized carbons (Fsp3) is 0.533. The summed E-state index contributed by atoms with van der Waals surface area (Å²) in [5, 5.41) is 0. The predicted molar refractivity (Wildman–Crippen MR) is 73.1 cm³/mol. The van der Waals surface area contributed by atoms with Gasteiger partial charge < -0.3 is 10.6 Å². The molecule has 0 radical (unpaired) electrons. The Morgan fingerprint density at radius 2 is 2.16 bits per heavy atom. The summed E-state index contributed by atoms with van der Waals surface area (Å²) < 4.78 is 13.5. The molecule has 0 spiro atoms. The molecule has 1 heterocycles. The molecule has 2 N–H and O–H groups in total. The Morgan fingerprint density at radius 1 is 1.47 bits per heavy atom. The molecule has 1 aromatic rings. The van der Waals surface area contributed by atoms with E-state index in [9.17, 15) is 9.18 Å². The van der Waals surface area contributed by atoms with Crippen molar-refractivity contribution in [3.05, 3.63) is 35.6 Å². The number of carbonyl (C=O) groups excluding carboxylic acids is 1. The first-order valence-electron chi connectivity index (χ1n) is 6.72. The van der Waals surface area contributed by atoms with Crippen LogP contribution in [0.25, 0.3) is 0 Å². The van der Waals surface area contributed by atoms with Gasteiger partial charge in [-0.3, -0.25) is 4.79 Å². The Labute approximate surface area is 113 Å². The molecule has 1 fully saturated rings. The topological polar surface area (TPSA) is 46.3 Å². The third-order valence-corrected chi connectivity index (χ3v) is 4.13. The van der Waals surface area contributed by atoms with E-state index in [0.29, 0.717) is 24.9 Å². The number of likely N-dealkylation sites (tertiary alicyclic amines) is 1. The zero-order valence-corrected chi connectivity index (χ0v) is 11.5. The van der Waals surface area contributed by atoms with Gasteiger partial charge >= 0.3 is 0 Å². The molecular weight excluding hydrogens is 243 g/mol. The largest absolute Gasteiger partial charge is 0.336 e. The Kier molecular flexibility index (Phi) is 3.90. The van der Waals surface area contributed by atoms with Crippen LogP contribution in [0.3, 0.4) is 0 Å². The average Bonchev–Trinajstić information content (AvgIpc) is 2.63. The van der Waals surface area contributed by atoms with Gasteiger partial charge in [-0.2, -0.15) is 0 Å². The van der Waals surface area contributed by atoms with Gasteiger partial charge in [-0.15, -0.1) is 0 Å². The lowest BCUT2D eigenvalue weighted by molar-refractivity contribution is -0.134. The van der Waals surface area contributed by atoms with Crippen LogP contribution in [0.4, 0.5) is 4.39 Å². The molecule has 1 aromatic carbocycles. The van der Waals surface area contributed by atoms with Crippen molar-refractivity contribution in [3.8, 4) is 0 Å². The highest BCUT2D eigenvalue weighted by atomic mass is 19.1. The molecule has 1 aliphatic heterocycles. The van der Waals surface area contributed by atoms with E-state index in [-0.39, 0.29) is 23.3 Å². The van der Waals surface area contributed by atoms with Gasteiger partial charge in [0.1, 0.15) is 5.82 Å². The van der Waals surface area contributed by atoms with Crippen LogP contribution in [0.15, 0.2) is 24.3 Å². The van der Waals surface area contributed by atoms with Crippen molar-refractivity contribution in [2.24, 2.45) is 5.73 Å². The number of amides is 1. The molecule has 4 heteroatoms. The normalized spacial score (nSPS) is 21.7. The third kappa shape index (κ3) is 2.78. The van der Waals surface area contributed by atoms with Crippen molar-refractivity contribution in [2.75, 3.05) is 6.54 Å². The number of hydrogen-bond donors (Lipinski definition) is 1. The summed E-state index contributed by atoms with van der Waals surface area (Å²) in [6.07, 6.45) is 1.60. The van der Waals surface area contributed by atoms with E-state index in [1.807, 2.05) is 18.7 Å². The fourth-order valence-electron chi connectivity index (χ4n) is 2.63. The summed E-state index contributed by atoms with van der Waals surface area (Å²) in [6, 6.07) is 6.62. The molecule has 1 atom stereocenters. The maximum Gasteiger partial charge on any atom is 0.223 e. The second-order valence-electron chi connectivity index (χ2n) is 5.69. The summed E-state index contributed by atoms with van der Waals surface area (Å²) in [4.78, 5) is 14.1. The van der Waals surface area contributed by atoms with E-state index in [2.05, 4.69) is 0 Å². The molecule has 1 unspecified atom stereocenters. The third-order valence-electron chi connectivity index (χ3n) is 4.13. The Hall–Kier alpha value is -1.42. The van der Waals surface area contributed by atoms with Gasteiger partial charge in [0, 0.05) is 19.0 Å². The lowest BCUT2D eigenvalue weighted by Gasteiger charge is -2.34. The molecule has 1 aliphatic rings. The van der Waals surface area contributed by atoms with Gasteiger partial charge in [0.2, 0.25) is 5.91 Å². The summed E-state index contributed by atoms with van der Waals surface area (Å²) in [7, 11) is 0. The predicted octanol–water partition coefficient (Wildman–Crippen LogP) is 2.10. The van der Waals surface area contributed by atoms with Crippen molar-refractivity contribution < 1.29 is 9.18 Å². The van der Waals surface area contributed by atoms with Gasteiger partial charge in [-0.25, -0.2) is 4.39 Å². The van der Waals surface area contributed by atoms with Crippen LogP contribution in [-0.2, 0) is 11.2 Å². The summed E-state index contributed by atoms with van der Waals surface area (Å²) in [5.41, 5.74) is 6.31. The van der Waals surface area contributed by atoms with Gasteiger partial charge in [-0.1, -0.05) is 18.2 Å². The van der Waals surface area contributed by atoms with Crippen LogP contribution in [0.2, 0.25) is 0 Å². The summed E-state index contributed by atoms with van der Waals surface area (Å²) in [5.74, 6) is -0.186. The quantitative estimate of drug-likeness (QED) is 0.908. The molecule has 2 rings (SSSR count). The number of rotatable bonds is 3. The lowest BCUT2D eigenvalue weighted by Crippen LogP contribution is -2.51. The van der Waals surface area contributed by atoms with Crippen molar-refractivity contribution in [1.29, 1.82) is 0 Å². The molecule has 1 saturated heterocycles. The first kappa shape index (κ1) is 14.0. The van der Waals surface area contributed by atoms with Crippen LogP contribution in [0.1, 0.15) is 32.3 Å². The van der Waals surface area contributed by atoms with Crippen LogP contribution >= 0.6 is 0 Å². The second kappa shape index (κ2) is 5.29. The van der Waals surface area contributed by atoms with Crippen molar-refractivity contribution in [3.63, 3.8) is 0 Å². The maximum absolute atomic E-state index is 13.5. The number of nitrogens with zero attached hydrogens (tertiary/aromatic N) is 1. The number of halogens is 1. The minimum atomic E-state index is -0.299. The van der Waals surface area contributed by atoms with Gasteiger partial charge in [-0.05, 0) is 38.3 Å². The zero-order chi connectivity index (χ0) is 14.0. The van der Waals surface area contributed by atoms with Crippen molar-refractivity contribution >= 4 is 5.91 Å². The Morgan fingerprint density at radius 3 is 2.74 bits per heavy atom. The van der Waals surface area contributed by atoms with E-state index in [1.165, 1.54) is 6.07 Å². The maximum atomic E-state index is 13.5. The molecule has 104 valence electrons. The van der Waals surface area contributed by atoms with E-state index in [1.54, 1.807) is 18.2 Å². The van der Waals surface area contributed by atoms with E-state index in [0.717, 1.165) is 6.42 Å². The number of aryl methyl sites for hydroxylation is 1. The van der Waals surface area contributed by atoms with Crippen molar-refractivity contribution in [2.45, 2.75) is 44.7 Å².